The van der Waals surface area contributed by atoms with Gasteiger partial charge in [0.15, 0.2) is 11.5 Å². The van der Waals surface area contributed by atoms with E-state index in [1.165, 1.54) is 19.3 Å². The van der Waals surface area contributed by atoms with Crippen molar-refractivity contribution in [3.63, 3.8) is 0 Å². The van der Waals surface area contributed by atoms with Crippen LogP contribution in [0.4, 0.5) is 5.69 Å². The Labute approximate surface area is 230 Å². The molecule has 3 N–H and O–H groups in total. The topological polar surface area (TPSA) is 125 Å². The highest BCUT2D eigenvalue weighted by atomic mass is 16.1. The van der Waals surface area contributed by atoms with Crippen LogP contribution in [-0.4, -0.2) is 41.0 Å². The number of nitrogens with zero attached hydrogens (tertiary/aromatic N) is 5. The van der Waals surface area contributed by atoms with E-state index in [1.54, 1.807) is 18.6 Å². The molecule has 1 aromatic carbocycles. The zero-order valence-corrected chi connectivity index (χ0v) is 21.9. The summed E-state index contributed by atoms with van der Waals surface area (Å²) in [5.41, 5.74) is 7.56. The van der Waals surface area contributed by atoms with Gasteiger partial charge in [-0.05, 0) is 54.7 Å². The van der Waals surface area contributed by atoms with Gasteiger partial charge in [0.1, 0.15) is 11.2 Å². The van der Waals surface area contributed by atoms with Crippen molar-refractivity contribution in [2.45, 2.75) is 38.5 Å². The highest BCUT2D eigenvalue weighted by molar-refractivity contribution is 5.98. The third kappa shape index (κ3) is 4.70. The quantitative estimate of drug-likeness (QED) is 0.226. The van der Waals surface area contributed by atoms with Crippen molar-refractivity contribution >= 4 is 33.7 Å². The number of aromatic amines is 2. The summed E-state index contributed by atoms with van der Waals surface area (Å²) in [6.45, 7) is 0. The van der Waals surface area contributed by atoms with Crippen molar-refractivity contribution in [2.24, 2.45) is 5.92 Å². The molecular weight excluding hydrogens is 500 g/mol. The summed E-state index contributed by atoms with van der Waals surface area (Å²) >= 11 is 0. The van der Waals surface area contributed by atoms with Crippen molar-refractivity contribution in [2.75, 3.05) is 5.32 Å². The molecule has 0 unspecified atom stereocenters. The molecule has 1 saturated carbocycles. The molecule has 0 saturated heterocycles. The number of hydrogen-bond acceptors (Lipinski definition) is 6. The Morgan fingerprint density at radius 3 is 2.70 bits per heavy atom. The number of amides is 1. The van der Waals surface area contributed by atoms with Gasteiger partial charge in [0.2, 0.25) is 5.91 Å². The number of H-pyrrole nitrogens is 2. The second-order valence-corrected chi connectivity index (χ2v) is 10.4. The Morgan fingerprint density at radius 2 is 1.82 bits per heavy atom. The molecule has 0 bridgehead atoms. The predicted octanol–water partition coefficient (Wildman–Crippen LogP) is 6.53. The van der Waals surface area contributed by atoms with Crippen molar-refractivity contribution in [1.29, 1.82) is 0 Å². The van der Waals surface area contributed by atoms with Crippen LogP contribution in [0.3, 0.4) is 0 Å². The van der Waals surface area contributed by atoms with Crippen molar-refractivity contribution in [3.8, 4) is 33.8 Å². The largest absolute Gasteiger partial charge is 0.325 e. The molecule has 0 radical (unpaired) electrons. The van der Waals surface area contributed by atoms with Crippen molar-refractivity contribution in [1.82, 2.24) is 35.1 Å². The molecule has 1 amide bonds. The Hall–Kier alpha value is -4.92. The molecule has 0 atom stereocenters. The maximum absolute atomic E-state index is 12.7. The van der Waals surface area contributed by atoms with Crippen molar-refractivity contribution < 1.29 is 4.79 Å². The fourth-order valence-corrected chi connectivity index (χ4v) is 5.68. The highest BCUT2D eigenvalue weighted by Crippen LogP contribution is 2.33. The van der Waals surface area contributed by atoms with E-state index in [4.69, 9.17) is 4.98 Å². The molecule has 7 rings (SSSR count). The number of carbonyl (C=O) groups is 1. The highest BCUT2D eigenvalue weighted by Gasteiger charge is 2.18. The normalized spacial score (nSPS) is 14.1. The van der Waals surface area contributed by atoms with Gasteiger partial charge in [-0.25, -0.2) is 9.97 Å². The van der Waals surface area contributed by atoms with Crippen LogP contribution in [0.25, 0.3) is 55.8 Å². The zero-order chi connectivity index (χ0) is 26.9. The lowest BCUT2D eigenvalue weighted by Crippen LogP contribution is -2.18. The number of imidazole rings is 1. The number of fused-ring (bicyclic) bond motifs is 2. The maximum Gasteiger partial charge on any atom is 0.224 e. The number of nitrogens with one attached hydrogen (secondary N) is 3. The van der Waals surface area contributed by atoms with Gasteiger partial charge in [-0.15, -0.1) is 0 Å². The minimum atomic E-state index is 0.0579. The molecule has 1 aliphatic rings. The molecule has 198 valence electrons. The van der Waals surface area contributed by atoms with E-state index in [2.05, 4.69) is 41.5 Å². The fraction of sp³-hybridized carbons (Fsp3) is 0.226. The summed E-state index contributed by atoms with van der Waals surface area (Å²) in [7, 11) is 0. The summed E-state index contributed by atoms with van der Waals surface area (Å²) in [5, 5.41) is 11.7. The predicted molar refractivity (Wildman–Crippen MR) is 155 cm³/mol. The standard InChI is InChI=1S/C31H28N8O/c40-27(13-19-5-2-1-3-6-19)35-23-14-22(17-33-18-23)20-8-9-26-25(15-20)29(39-38-26)31-36-28-24(10-12-34-30(28)37-31)21-7-4-11-32-16-21/h4,7-12,14-19H,1-3,5-6,13H2,(H,35,40)(H,38,39)(H,34,36,37). The summed E-state index contributed by atoms with van der Waals surface area (Å²) in [6.07, 6.45) is 15.4. The van der Waals surface area contributed by atoms with Crippen LogP contribution in [0.5, 0.6) is 0 Å². The summed E-state index contributed by atoms with van der Waals surface area (Å²) in [5.74, 6) is 1.17. The molecule has 6 aromatic rings. The lowest BCUT2D eigenvalue weighted by Gasteiger charge is -2.20. The monoisotopic (exact) mass is 528 g/mol. The van der Waals surface area contributed by atoms with E-state index in [0.29, 0.717) is 35.2 Å². The smallest absolute Gasteiger partial charge is 0.224 e. The first-order valence-electron chi connectivity index (χ1n) is 13.7. The van der Waals surface area contributed by atoms with Crippen LogP contribution >= 0.6 is 0 Å². The Bertz CT molecular complexity index is 1820. The zero-order valence-electron chi connectivity index (χ0n) is 21.9. The van der Waals surface area contributed by atoms with Gasteiger partial charge in [-0.1, -0.05) is 31.4 Å². The first-order valence-corrected chi connectivity index (χ1v) is 13.7. The number of benzene rings is 1. The molecule has 40 heavy (non-hydrogen) atoms. The van der Waals surface area contributed by atoms with Crippen LogP contribution < -0.4 is 5.32 Å². The molecule has 5 aromatic heterocycles. The lowest BCUT2D eigenvalue weighted by atomic mass is 9.87. The second kappa shape index (κ2) is 10.3. The minimum Gasteiger partial charge on any atom is -0.325 e. The van der Waals surface area contributed by atoms with Crippen LogP contribution in [0.15, 0.2) is 73.4 Å². The molecular formula is C31H28N8O. The lowest BCUT2D eigenvalue weighted by molar-refractivity contribution is -0.117. The number of carbonyl (C=O) groups excluding carboxylic acids is 1. The van der Waals surface area contributed by atoms with Gasteiger partial charge < -0.3 is 10.3 Å². The molecule has 9 nitrogen and oxygen atoms in total. The van der Waals surface area contributed by atoms with E-state index in [-0.39, 0.29) is 5.91 Å². The Morgan fingerprint density at radius 1 is 0.925 bits per heavy atom. The van der Waals surface area contributed by atoms with E-state index in [9.17, 15) is 4.79 Å². The van der Waals surface area contributed by atoms with Gasteiger partial charge >= 0.3 is 0 Å². The Balaban J connectivity index is 1.19. The maximum atomic E-state index is 12.7. The summed E-state index contributed by atoms with van der Waals surface area (Å²) < 4.78 is 0. The molecule has 9 heteroatoms. The average molecular weight is 529 g/mol. The van der Waals surface area contributed by atoms with Gasteiger partial charge in [0.05, 0.1) is 17.4 Å². The first kappa shape index (κ1) is 24.1. The third-order valence-electron chi connectivity index (χ3n) is 7.70. The summed E-state index contributed by atoms with van der Waals surface area (Å²) in [6, 6.07) is 13.9. The van der Waals surface area contributed by atoms with E-state index in [1.807, 2.05) is 48.8 Å². The van der Waals surface area contributed by atoms with Gasteiger partial charge in [-0.2, -0.15) is 5.10 Å². The SMILES string of the molecule is O=C(CC1CCCCC1)Nc1cncc(-c2ccc3[nH]nc(-c4nc5c(-c6cccnc6)ccnc5[nH]4)c3c2)c1. The number of aromatic nitrogens is 7. The van der Waals surface area contributed by atoms with Crippen LogP contribution in [-0.2, 0) is 4.79 Å². The minimum absolute atomic E-state index is 0.0579. The van der Waals surface area contributed by atoms with Crippen molar-refractivity contribution in [3.05, 3.63) is 73.4 Å². The average Bonchev–Trinajstić information content (AvgIpc) is 3.62. The van der Waals surface area contributed by atoms with E-state index < -0.39 is 0 Å². The van der Waals surface area contributed by atoms with Gasteiger partial charge in [0, 0.05) is 53.3 Å². The van der Waals surface area contributed by atoms with Gasteiger partial charge in [-0.3, -0.25) is 19.9 Å². The molecule has 0 aliphatic heterocycles. The molecule has 0 spiro atoms. The Kier molecular flexibility index (Phi) is 6.24. The van der Waals surface area contributed by atoms with Crippen LogP contribution in [0.1, 0.15) is 38.5 Å². The third-order valence-corrected chi connectivity index (χ3v) is 7.70. The molecule has 5 heterocycles. The van der Waals surface area contributed by atoms with Crippen LogP contribution in [0, 0.1) is 5.92 Å². The van der Waals surface area contributed by atoms with E-state index >= 15 is 0 Å². The van der Waals surface area contributed by atoms with Gasteiger partial charge in [0.25, 0.3) is 0 Å². The fourth-order valence-electron chi connectivity index (χ4n) is 5.68. The number of pyridine rings is 3. The second-order valence-electron chi connectivity index (χ2n) is 10.4. The number of rotatable bonds is 6. The molecule has 1 fully saturated rings. The number of hydrogen-bond donors (Lipinski definition) is 3. The summed E-state index contributed by atoms with van der Waals surface area (Å²) in [4.78, 5) is 34.1. The van der Waals surface area contributed by atoms with E-state index in [0.717, 1.165) is 51.5 Å². The van der Waals surface area contributed by atoms with Crippen LogP contribution in [0.2, 0.25) is 0 Å². The first-order chi connectivity index (χ1) is 19.7. The molecule has 1 aliphatic carbocycles. The number of anilines is 1.